The summed E-state index contributed by atoms with van der Waals surface area (Å²) in [6, 6.07) is 19.2. The van der Waals surface area contributed by atoms with Crippen molar-refractivity contribution >= 4 is 21.7 Å². The first-order valence-electron chi connectivity index (χ1n) is 11.0. The number of piperazine rings is 1. The average molecular weight is 468 g/mol. The Morgan fingerprint density at radius 1 is 0.970 bits per heavy atom. The second kappa shape index (κ2) is 10.3. The maximum absolute atomic E-state index is 12.7. The van der Waals surface area contributed by atoms with Crippen LogP contribution in [0.4, 0.5) is 5.82 Å². The smallest absolute Gasteiger partial charge is 0.239 e. The number of benzene rings is 2. The van der Waals surface area contributed by atoms with Gasteiger partial charge in [0.25, 0.3) is 0 Å². The highest BCUT2D eigenvalue weighted by Gasteiger charge is 2.27. The van der Waals surface area contributed by atoms with Crippen LogP contribution in [-0.2, 0) is 27.1 Å². The number of rotatable bonds is 8. The Morgan fingerprint density at radius 3 is 2.42 bits per heavy atom. The number of sulfonamides is 1. The number of aromatic nitrogens is 2. The Kier molecular flexibility index (Phi) is 7.22. The molecule has 174 valence electrons. The Labute approximate surface area is 194 Å². The molecule has 0 spiro atoms. The van der Waals surface area contributed by atoms with Gasteiger partial charge in [-0.2, -0.15) is 9.40 Å². The van der Waals surface area contributed by atoms with Gasteiger partial charge in [0.05, 0.1) is 25.0 Å². The second-order valence-electron chi connectivity index (χ2n) is 8.33. The summed E-state index contributed by atoms with van der Waals surface area (Å²) in [5, 5.41) is 7.26. The minimum absolute atomic E-state index is 0.000740. The number of hydrogen-bond donors (Lipinski definition) is 1. The van der Waals surface area contributed by atoms with Crippen LogP contribution in [0.3, 0.4) is 0 Å². The van der Waals surface area contributed by atoms with Crippen LogP contribution in [0.2, 0.25) is 0 Å². The summed E-state index contributed by atoms with van der Waals surface area (Å²) < 4.78 is 28.7. The fourth-order valence-electron chi connectivity index (χ4n) is 3.98. The first-order chi connectivity index (χ1) is 15.9. The van der Waals surface area contributed by atoms with Crippen molar-refractivity contribution in [3.05, 3.63) is 83.6 Å². The van der Waals surface area contributed by atoms with Crippen LogP contribution in [0, 0.1) is 6.92 Å². The van der Waals surface area contributed by atoms with Gasteiger partial charge in [-0.1, -0.05) is 60.2 Å². The Hall–Kier alpha value is -3.01. The van der Waals surface area contributed by atoms with Crippen molar-refractivity contribution in [2.45, 2.75) is 19.2 Å². The minimum Gasteiger partial charge on any atom is -0.310 e. The van der Waals surface area contributed by atoms with Crippen LogP contribution in [0.15, 0.2) is 66.9 Å². The average Bonchev–Trinajstić information content (AvgIpc) is 3.21. The molecular formula is C24H29N5O3S. The van der Waals surface area contributed by atoms with Crippen molar-refractivity contribution in [3.63, 3.8) is 0 Å². The molecule has 0 bridgehead atoms. The minimum atomic E-state index is -3.37. The van der Waals surface area contributed by atoms with Gasteiger partial charge in [0.15, 0.2) is 0 Å². The second-order valence-corrected chi connectivity index (χ2v) is 10.3. The Bertz CT molecular complexity index is 1190. The lowest BCUT2D eigenvalue weighted by molar-refractivity contribution is -0.117. The van der Waals surface area contributed by atoms with E-state index < -0.39 is 10.0 Å². The SMILES string of the molecule is Cc1cccc(Cn2nccc2NC(=O)CN2CCN(S(=O)(=O)Cc3ccccc3)CC2)c1. The van der Waals surface area contributed by atoms with Crippen molar-refractivity contribution in [1.29, 1.82) is 0 Å². The molecule has 4 rings (SSSR count). The van der Waals surface area contributed by atoms with E-state index in [1.807, 2.05) is 60.4 Å². The number of carbonyl (C=O) groups is 1. The molecule has 0 aliphatic carbocycles. The molecule has 33 heavy (non-hydrogen) atoms. The quantitative estimate of drug-likeness (QED) is 0.549. The van der Waals surface area contributed by atoms with Crippen LogP contribution in [-0.4, -0.2) is 66.0 Å². The van der Waals surface area contributed by atoms with Crippen LogP contribution < -0.4 is 5.32 Å². The molecule has 1 N–H and O–H groups in total. The highest BCUT2D eigenvalue weighted by Crippen LogP contribution is 2.15. The molecule has 8 nitrogen and oxygen atoms in total. The predicted octanol–water partition coefficient (Wildman–Crippen LogP) is 2.33. The van der Waals surface area contributed by atoms with E-state index in [1.54, 1.807) is 16.9 Å². The summed E-state index contributed by atoms with van der Waals surface area (Å²) in [5.41, 5.74) is 3.07. The van der Waals surface area contributed by atoms with Crippen molar-refractivity contribution in [2.75, 3.05) is 38.0 Å². The highest BCUT2D eigenvalue weighted by atomic mass is 32.2. The number of carbonyl (C=O) groups excluding carboxylic acids is 1. The van der Waals surface area contributed by atoms with Crippen LogP contribution >= 0.6 is 0 Å². The summed E-state index contributed by atoms with van der Waals surface area (Å²) in [6.07, 6.45) is 1.67. The number of amides is 1. The summed E-state index contributed by atoms with van der Waals surface area (Å²) >= 11 is 0. The van der Waals surface area contributed by atoms with Gasteiger partial charge in [0.1, 0.15) is 5.82 Å². The van der Waals surface area contributed by atoms with Gasteiger partial charge in [-0.3, -0.25) is 9.69 Å². The zero-order chi connectivity index (χ0) is 23.3. The zero-order valence-corrected chi connectivity index (χ0v) is 19.5. The van der Waals surface area contributed by atoms with Crippen LogP contribution in [0.25, 0.3) is 0 Å². The lowest BCUT2D eigenvalue weighted by Crippen LogP contribution is -2.50. The molecule has 2 heterocycles. The molecule has 9 heteroatoms. The van der Waals surface area contributed by atoms with Crippen LogP contribution in [0.1, 0.15) is 16.7 Å². The van der Waals surface area contributed by atoms with E-state index >= 15 is 0 Å². The lowest BCUT2D eigenvalue weighted by atomic mass is 10.1. The standard InChI is InChI=1S/C24H29N5O3S/c1-20-6-5-9-22(16-20)17-29-23(10-11-25-29)26-24(30)18-27-12-14-28(15-13-27)33(31,32)19-21-7-3-2-4-8-21/h2-11,16H,12-15,17-19H2,1H3,(H,26,30). The molecule has 1 aliphatic heterocycles. The molecule has 1 saturated heterocycles. The maximum atomic E-state index is 12.7. The van der Waals surface area contributed by atoms with Crippen molar-refractivity contribution in [3.8, 4) is 0 Å². The van der Waals surface area contributed by atoms with Gasteiger partial charge >= 0.3 is 0 Å². The first-order valence-corrected chi connectivity index (χ1v) is 12.6. The molecule has 1 aliphatic rings. The van der Waals surface area contributed by atoms with Gasteiger partial charge in [-0.25, -0.2) is 13.1 Å². The van der Waals surface area contributed by atoms with E-state index in [0.717, 1.165) is 11.1 Å². The molecular weight excluding hydrogens is 438 g/mol. The molecule has 2 aromatic carbocycles. The van der Waals surface area contributed by atoms with Crippen molar-refractivity contribution in [1.82, 2.24) is 19.0 Å². The molecule has 1 amide bonds. The fraction of sp³-hybridized carbons (Fsp3) is 0.333. The Morgan fingerprint density at radius 2 is 1.70 bits per heavy atom. The molecule has 3 aromatic rings. The van der Waals surface area contributed by atoms with Crippen molar-refractivity contribution < 1.29 is 13.2 Å². The molecule has 0 saturated carbocycles. The highest BCUT2D eigenvalue weighted by molar-refractivity contribution is 7.88. The van der Waals surface area contributed by atoms with Gasteiger partial charge in [-0.15, -0.1) is 0 Å². The summed E-state index contributed by atoms with van der Waals surface area (Å²) in [5.74, 6) is 0.506. The normalized spacial score (nSPS) is 15.4. The molecule has 1 fully saturated rings. The van der Waals surface area contributed by atoms with E-state index in [-0.39, 0.29) is 18.2 Å². The van der Waals surface area contributed by atoms with Crippen LogP contribution in [0.5, 0.6) is 0 Å². The number of nitrogens with one attached hydrogen (secondary N) is 1. The summed E-state index contributed by atoms with van der Waals surface area (Å²) in [7, 11) is -3.37. The van der Waals surface area contributed by atoms with E-state index in [1.165, 1.54) is 9.87 Å². The number of aryl methyl sites for hydroxylation is 1. The molecule has 1 aromatic heterocycles. The third-order valence-corrected chi connectivity index (χ3v) is 7.53. The fourth-order valence-corrected chi connectivity index (χ4v) is 5.49. The third-order valence-electron chi connectivity index (χ3n) is 5.68. The van der Waals surface area contributed by atoms with Gasteiger partial charge < -0.3 is 5.32 Å². The predicted molar refractivity (Wildman–Crippen MR) is 128 cm³/mol. The summed E-state index contributed by atoms with van der Waals surface area (Å²) in [6.45, 7) is 4.63. The van der Waals surface area contributed by atoms with E-state index in [0.29, 0.717) is 38.5 Å². The molecule has 0 unspecified atom stereocenters. The van der Waals surface area contributed by atoms with E-state index in [4.69, 9.17) is 0 Å². The van der Waals surface area contributed by atoms with Gasteiger partial charge in [0, 0.05) is 32.2 Å². The maximum Gasteiger partial charge on any atom is 0.239 e. The van der Waals surface area contributed by atoms with Gasteiger partial charge in [-0.05, 0) is 18.1 Å². The number of nitrogens with zero attached hydrogens (tertiary/aromatic N) is 4. The molecule has 0 radical (unpaired) electrons. The monoisotopic (exact) mass is 467 g/mol. The number of anilines is 1. The topological polar surface area (TPSA) is 87.5 Å². The lowest BCUT2D eigenvalue weighted by Gasteiger charge is -2.33. The van der Waals surface area contributed by atoms with Crippen molar-refractivity contribution in [2.24, 2.45) is 0 Å². The van der Waals surface area contributed by atoms with E-state index in [2.05, 4.69) is 16.5 Å². The first kappa shape index (κ1) is 23.2. The number of hydrogen-bond acceptors (Lipinski definition) is 5. The third kappa shape index (κ3) is 6.28. The largest absolute Gasteiger partial charge is 0.310 e. The van der Waals surface area contributed by atoms with E-state index in [9.17, 15) is 13.2 Å². The zero-order valence-electron chi connectivity index (χ0n) is 18.7. The van der Waals surface area contributed by atoms with Gasteiger partial charge in [0.2, 0.25) is 15.9 Å². The summed E-state index contributed by atoms with van der Waals surface area (Å²) in [4.78, 5) is 14.6. The Balaban J connectivity index is 1.27. The molecule has 0 atom stereocenters.